The van der Waals surface area contributed by atoms with Crippen molar-refractivity contribution in [3.63, 3.8) is 0 Å². The van der Waals surface area contributed by atoms with Crippen LogP contribution in [0, 0.1) is 0 Å². The summed E-state index contributed by atoms with van der Waals surface area (Å²) in [5.41, 5.74) is -0.557. The number of likely N-dealkylation sites (N-methyl/N-ethyl adjacent to an activating group) is 1. The predicted molar refractivity (Wildman–Crippen MR) is 85.8 cm³/mol. The Hall–Kier alpha value is -0.780. The number of hydrogen-bond acceptors (Lipinski definition) is 5. The van der Waals surface area contributed by atoms with E-state index in [4.69, 9.17) is 16.3 Å². The number of carbonyl (C=O) groups excluding carboxylic acids is 1. The number of nitrogens with zero attached hydrogens (tertiary/aromatic N) is 1. The van der Waals surface area contributed by atoms with E-state index < -0.39 is 5.54 Å². The van der Waals surface area contributed by atoms with Crippen LogP contribution in [0.1, 0.15) is 32.6 Å². The zero-order valence-corrected chi connectivity index (χ0v) is 14.0. The van der Waals surface area contributed by atoms with E-state index in [1.807, 2.05) is 26.1 Å². The van der Waals surface area contributed by atoms with Gasteiger partial charge in [-0.05, 0) is 51.8 Å². The summed E-state index contributed by atoms with van der Waals surface area (Å²) in [6.07, 6.45) is 5.33. The van der Waals surface area contributed by atoms with E-state index in [0.29, 0.717) is 16.9 Å². The lowest BCUT2D eigenvalue weighted by molar-refractivity contribution is -0.152. The molecular formula is C15H21ClN2O2S. The fraction of sp³-hybridized carbons (Fsp3) is 0.600. The van der Waals surface area contributed by atoms with Crippen molar-refractivity contribution in [3.05, 3.63) is 23.4 Å². The van der Waals surface area contributed by atoms with Crippen molar-refractivity contribution in [2.24, 2.45) is 0 Å². The second-order valence-electron chi connectivity index (χ2n) is 5.20. The first kappa shape index (κ1) is 16.6. The molecule has 0 aromatic carbocycles. The van der Waals surface area contributed by atoms with Crippen LogP contribution in [-0.2, 0) is 9.53 Å². The molecular weight excluding hydrogens is 308 g/mol. The molecule has 2 rings (SSSR count). The molecule has 1 aliphatic rings. The van der Waals surface area contributed by atoms with Gasteiger partial charge >= 0.3 is 5.97 Å². The fourth-order valence-corrected chi connectivity index (χ4v) is 4.08. The summed E-state index contributed by atoms with van der Waals surface area (Å²) in [5, 5.41) is 5.13. The summed E-state index contributed by atoms with van der Waals surface area (Å²) in [6, 6.07) is 3.77. The van der Waals surface area contributed by atoms with Crippen LogP contribution in [0.4, 0.5) is 0 Å². The summed E-state index contributed by atoms with van der Waals surface area (Å²) < 4.78 is 5.25. The van der Waals surface area contributed by atoms with Gasteiger partial charge < -0.3 is 10.1 Å². The highest BCUT2D eigenvalue weighted by molar-refractivity contribution is 7.99. The third kappa shape index (κ3) is 4.11. The molecule has 116 valence electrons. The molecule has 1 N–H and O–H groups in total. The first-order valence-corrected chi connectivity index (χ1v) is 8.50. The Morgan fingerprint density at radius 3 is 3.05 bits per heavy atom. The van der Waals surface area contributed by atoms with Crippen LogP contribution >= 0.6 is 23.4 Å². The van der Waals surface area contributed by atoms with Crippen LogP contribution < -0.4 is 5.32 Å². The molecule has 2 unspecified atom stereocenters. The molecule has 1 aromatic rings. The van der Waals surface area contributed by atoms with Gasteiger partial charge in [0.2, 0.25) is 0 Å². The number of aromatic nitrogens is 1. The third-order valence-electron chi connectivity index (χ3n) is 3.84. The zero-order valence-electron chi connectivity index (χ0n) is 12.4. The van der Waals surface area contributed by atoms with E-state index >= 15 is 0 Å². The Kier molecular flexibility index (Phi) is 5.90. The molecule has 1 aromatic heterocycles. The van der Waals surface area contributed by atoms with Crippen LogP contribution in [0.15, 0.2) is 23.4 Å². The first-order chi connectivity index (χ1) is 10.1. The highest BCUT2D eigenvalue weighted by atomic mass is 35.5. The van der Waals surface area contributed by atoms with E-state index in [2.05, 4.69) is 10.3 Å². The van der Waals surface area contributed by atoms with Crippen LogP contribution in [0.2, 0.25) is 5.02 Å². The molecule has 21 heavy (non-hydrogen) atoms. The molecule has 2 atom stereocenters. The number of hydrogen-bond donors (Lipinski definition) is 1. The van der Waals surface area contributed by atoms with Crippen molar-refractivity contribution in [2.45, 2.75) is 48.4 Å². The van der Waals surface area contributed by atoms with Gasteiger partial charge in [-0.25, -0.2) is 4.98 Å². The van der Waals surface area contributed by atoms with Crippen LogP contribution in [-0.4, -0.2) is 35.4 Å². The van der Waals surface area contributed by atoms with Gasteiger partial charge in [0, 0.05) is 11.4 Å². The Balaban J connectivity index is 2.05. The lowest BCUT2D eigenvalue weighted by Crippen LogP contribution is -2.54. The second kappa shape index (κ2) is 7.47. The Labute approximate surface area is 135 Å². The van der Waals surface area contributed by atoms with Gasteiger partial charge in [0.25, 0.3) is 0 Å². The topological polar surface area (TPSA) is 51.2 Å². The summed E-state index contributed by atoms with van der Waals surface area (Å²) in [4.78, 5) is 16.6. The molecule has 0 amide bonds. The largest absolute Gasteiger partial charge is 0.465 e. The molecule has 0 aliphatic heterocycles. The molecule has 1 heterocycles. The van der Waals surface area contributed by atoms with Gasteiger partial charge in [-0.1, -0.05) is 11.6 Å². The average molecular weight is 329 g/mol. The highest BCUT2D eigenvalue weighted by Gasteiger charge is 2.43. The minimum Gasteiger partial charge on any atom is -0.465 e. The number of pyridine rings is 1. The Morgan fingerprint density at radius 1 is 1.62 bits per heavy atom. The smallest absolute Gasteiger partial charge is 0.326 e. The number of halogens is 1. The minimum atomic E-state index is -0.557. The maximum absolute atomic E-state index is 12.3. The average Bonchev–Trinajstić information content (AvgIpc) is 2.50. The zero-order chi connectivity index (χ0) is 15.3. The molecule has 0 spiro atoms. The number of rotatable bonds is 5. The molecule has 1 saturated carbocycles. The van der Waals surface area contributed by atoms with E-state index in [-0.39, 0.29) is 5.97 Å². The van der Waals surface area contributed by atoms with E-state index in [0.717, 1.165) is 30.7 Å². The van der Waals surface area contributed by atoms with Crippen molar-refractivity contribution >= 4 is 29.3 Å². The van der Waals surface area contributed by atoms with Crippen molar-refractivity contribution in [1.82, 2.24) is 10.3 Å². The summed E-state index contributed by atoms with van der Waals surface area (Å²) >= 11 is 7.56. The fourth-order valence-electron chi connectivity index (χ4n) is 2.71. The highest BCUT2D eigenvalue weighted by Crippen LogP contribution is 2.38. The van der Waals surface area contributed by atoms with Gasteiger partial charge in [-0.2, -0.15) is 0 Å². The van der Waals surface area contributed by atoms with Gasteiger partial charge in [-0.15, -0.1) is 11.8 Å². The number of nitrogens with one attached hydrogen (secondary N) is 1. The predicted octanol–water partition coefficient (Wildman–Crippen LogP) is 3.29. The van der Waals surface area contributed by atoms with Crippen LogP contribution in [0.25, 0.3) is 0 Å². The number of esters is 1. The van der Waals surface area contributed by atoms with Gasteiger partial charge in [0.05, 0.1) is 16.7 Å². The standard InChI is InChI=1S/C15H21ClN2O2S/c1-3-20-14(19)15(17-2)8-4-5-12(9-15)21-13-7-6-11(16)10-18-13/h6-7,10,12,17H,3-5,8-9H2,1-2H3. The van der Waals surface area contributed by atoms with E-state index in [1.54, 1.807) is 18.0 Å². The monoisotopic (exact) mass is 328 g/mol. The quantitative estimate of drug-likeness (QED) is 0.840. The number of carbonyl (C=O) groups is 1. The molecule has 0 saturated heterocycles. The SMILES string of the molecule is CCOC(=O)C1(NC)CCCC(Sc2ccc(Cl)cn2)C1. The van der Waals surface area contributed by atoms with E-state index in [1.165, 1.54) is 0 Å². The molecule has 1 aliphatic carbocycles. The molecule has 0 bridgehead atoms. The van der Waals surface area contributed by atoms with Crippen molar-refractivity contribution in [1.29, 1.82) is 0 Å². The van der Waals surface area contributed by atoms with Crippen molar-refractivity contribution in [2.75, 3.05) is 13.7 Å². The second-order valence-corrected chi connectivity index (χ2v) is 6.96. The minimum absolute atomic E-state index is 0.137. The lowest BCUT2D eigenvalue weighted by Gasteiger charge is -2.38. The Morgan fingerprint density at radius 2 is 2.43 bits per heavy atom. The molecule has 4 nitrogen and oxygen atoms in total. The third-order valence-corrected chi connectivity index (χ3v) is 5.28. The maximum atomic E-state index is 12.3. The summed E-state index contributed by atoms with van der Waals surface area (Å²) in [7, 11) is 1.84. The normalized spacial score (nSPS) is 25.6. The van der Waals surface area contributed by atoms with Gasteiger partial charge in [-0.3, -0.25) is 4.79 Å². The van der Waals surface area contributed by atoms with E-state index in [9.17, 15) is 4.79 Å². The molecule has 1 fully saturated rings. The lowest BCUT2D eigenvalue weighted by atomic mass is 9.81. The first-order valence-electron chi connectivity index (χ1n) is 7.24. The summed E-state index contributed by atoms with van der Waals surface area (Å²) in [6.45, 7) is 2.26. The number of thioether (sulfide) groups is 1. The van der Waals surface area contributed by atoms with Crippen LogP contribution in [0.3, 0.4) is 0 Å². The Bertz CT molecular complexity index is 483. The number of ether oxygens (including phenoxy) is 1. The van der Waals surface area contributed by atoms with Crippen molar-refractivity contribution < 1.29 is 9.53 Å². The van der Waals surface area contributed by atoms with Gasteiger partial charge in [0.1, 0.15) is 5.54 Å². The van der Waals surface area contributed by atoms with Crippen LogP contribution in [0.5, 0.6) is 0 Å². The van der Waals surface area contributed by atoms with Gasteiger partial charge in [0.15, 0.2) is 0 Å². The van der Waals surface area contributed by atoms with Crippen molar-refractivity contribution in [3.8, 4) is 0 Å². The molecule has 6 heteroatoms. The molecule has 0 radical (unpaired) electrons. The maximum Gasteiger partial charge on any atom is 0.326 e. The summed E-state index contributed by atoms with van der Waals surface area (Å²) in [5.74, 6) is -0.137.